The van der Waals surface area contributed by atoms with Crippen molar-refractivity contribution in [2.75, 3.05) is 13.6 Å². The van der Waals surface area contributed by atoms with Crippen molar-refractivity contribution in [1.82, 2.24) is 16.0 Å². The van der Waals surface area contributed by atoms with Crippen LogP contribution >= 0.6 is 0 Å². The summed E-state index contributed by atoms with van der Waals surface area (Å²) >= 11 is 0. The quantitative estimate of drug-likeness (QED) is 0.572. The van der Waals surface area contributed by atoms with Gasteiger partial charge in [-0.1, -0.05) is 0 Å². The number of rotatable bonds is 4. The van der Waals surface area contributed by atoms with E-state index in [1.165, 1.54) is 6.92 Å². The highest BCUT2D eigenvalue weighted by atomic mass is 16.2. The molecule has 0 aromatic heterocycles. The Morgan fingerprint density at radius 2 is 2.00 bits per heavy atom. The van der Waals surface area contributed by atoms with Gasteiger partial charge in [-0.25, -0.2) is 4.79 Å². The second-order valence-electron chi connectivity index (χ2n) is 2.90. The van der Waals surface area contributed by atoms with E-state index in [1.807, 2.05) is 6.92 Å². The van der Waals surface area contributed by atoms with Crippen molar-refractivity contribution >= 4 is 11.9 Å². The van der Waals surface area contributed by atoms with E-state index in [0.717, 1.165) is 6.42 Å². The molecule has 0 radical (unpaired) electrons. The van der Waals surface area contributed by atoms with Crippen molar-refractivity contribution in [3.05, 3.63) is 0 Å². The van der Waals surface area contributed by atoms with Crippen LogP contribution in [0.25, 0.3) is 0 Å². The molecule has 0 aliphatic heterocycles. The molecule has 0 bridgehead atoms. The first kappa shape index (κ1) is 11.7. The maximum Gasteiger partial charge on any atom is 0.314 e. The van der Waals surface area contributed by atoms with Gasteiger partial charge in [-0.3, -0.25) is 4.79 Å². The molecule has 0 heterocycles. The average molecular weight is 187 g/mol. The zero-order valence-electron chi connectivity index (χ0n) is 8.31. The molecule has 0 aromatic carbocycles. The second-order valence-corrected chi connectivity index (χ2v) is 2.90. The molecule has 13 heavy (non-hydrogen) atoms. The first-order chi connectivity index (χ1) is 6.06. The highest BCUT2D eigenvalue weighted by Crippen LogP contribution is 1.87. The monoisotopic (exact) mass is 187 g/mol. The molecular formula is C8H17N3O2. The lowest BCUT2D eigenvalue weighted by molar-refractivity contribution is -0.118. The topological polar surface area (TPSA) is 70.2 Å². The maximum atomic E-state index is 10.8. The zero-order chi connectivity index (χ0) is 10.3. The number of carbonyl (C=O) groups is 2. The summed E-state index contributed by atoms with van der Waals surface area (Å²) in [5.74, 6) is -0.0489. The highest BCUT2D eigenvalue weighted by molar-refractivity contribution is 5.74. The Kier molecular flexibility index (Phi) is 5.67. The van der Waals surface area contributed by atoms with Gasteiger partial charge in [-0.2, -0.15) is 0 Å². The fourth-order valence-electron chi connectivity index (χ4n) is 0.833. The average Bonchev–Trinajstić information content (AvgIpc) is 2.03. The number of amides is 3. The lowest BCUT2D eigenvalue weighted by atomic mass is 10.2. The molecule has 76 valence electrons. The molecule has 0 aromatic rings. The molecule has 1 atom stereocenters. The highest BCUT2D eigenvalue weighted by Gasteiger charge is 2.04. The van der Waals surface area contributed by atoms with Crippen LogP contribution in [0.1, 0.15) is 20.3 Å². The van der Waals surface area contributed by atoms with Gasteiger partial charge in [0, 0.05) is 26.6 Å². The van der Waals surface area contributed by atoms with Crippen LogP contribution < -0.4 is 16.0 Å². The lowest BCUT2D eigenvalue weighted by Gasteiger charge is -2.13. The molecule has 3 amide bonds. The molecule has 3 N–H and O–H groups in total. The summed E-state index contributed by atoms with van der Waals surface area (Å²) in [6.45, 7) is 3.94. The smallest absolute Gasteiger partial charge is 0.314 e. The Morgan fingerprint density at radius 3 is 2.46 bits per heavy atom. The summed E-state index contributed by atoms with van der Waals surface area (Å²) in [6, 6.07) is -0.137. The van der Waals surface area contributed by atoms with Crippen LogP contribution in [-0.4, -0.2) is 31.6 Å². The Hall–Kier alpha value is -1.26. The van der Waals surface area contributed by atoms with Crippen LogP contribution in [0.15, 0.2) is 0 Å². The molecule has 5 heteroatoms. The number of urea groups is 1. The fourth-order valence-corrected chi connectivity index (χ4v) is 0.833. The van der Waals surface area contributed by atoms with E-state index in [-0.39, 0.29) is 18.0 Å². The minimum atomic E-state index is -0.199. The van der Waals surface area contributed by atoms with Crippen molar-refractivity contribution < 1.29 is 9.59 Å². The molecule has 1 unspecified atom stereocenters. The van der Waals surface area contributed by atoms with Crippen molar-refractivity contribution in [2.24, 2.45) is 0 Å². The van der Waals surface area contributed by atoms with Gasteiger partial charge in [0.1, 0.15) is 0 Å². The van der Waals surface area contributed by atoms with E-state index in [2.05, 4.69) is 16.0 Å². The predicted molar refractivity (Wildman–Crippen MR) is 50.4 cm³/mol. The number of nitrogens with one attached hydrogen (secondary N) is 3. The van der Waals surface area contributed by atoms with Crippen molar-refractivity contribution in [3.63, 3.8) is 0 Å². The van der Waals surface area contributed by atoms with E-state index >= 15 is 0 Å². The van der Waals surface area contributed by atoms with Crippen molar-refractivity contribution in [3.8, 4) is 0 Å². The third-order valence-corrected chi connectivity index (χ3v) is 1.56. The Labute approximate surface area is 78.3 Å². The Morgan fingerprint density at radius 1 is 1.38 bits per heavy atom. The van der Waals surface area contributed by atoms with Gasteiger partial charge in [0.2, 0.25) is 5.91 Å². The van der Waals surface area contributed by atoms with Gasteiger partial charge in [-0.15, -0.1) is 0 Å². The number of hydrogen-bond donors (Lipinski definition) is 3. The zero-order valence-corrected chi connectivity index (χ0v) is 8.31. The van der Waals surface area contributed by atoms with Gasteiger partial charge in [0.25, 0.3) is 0 Å². The van der Waals surface area contributed by atoms with Gasteiger partial charge >= 0.3 is 6.03 Å². The molecular weight excluding hydrogens is 170 g/mol. The van der Waals surface area contributed by atoms with Crippen molar-refractivity contribution in [2.45, 2.75) is 26.3 Å². The van der Waals surface area contributed by atoms with E-state index in [0.29, 0.717) is 6.54 Å². The minimum absolute atomic E-state index is 0.0489. The Bertz CT molecular complexity index is 182. The van der Waals surface area contributed by atoms with E-state index in [1.54, 1.807) is 7.05 Å². The maximum absolute atomic E-state index is 10.8. The van der Waals surface area contributed by atoms with Crippen LogP contribution in [0.4, 0.5) is 4.79 Å². The summed E-state index contributed by atoms with van der Waals surface area (Å²) in [5.41, 5.74) is 0. The molecule has 0 aliphatic carbocycles. The minimum Gasteiger partial charge on any atom is -0.356 e. The lowest BCUT2D eigenvalue weighted by Crippen LogP contribution is -2.40. The molecule has 0 saturated heterocycles. The summed E-state index contributed by atoms with van der Waals surface area (Å²) in [7, 11) is 1.57. The predicted octanol–water partition coefficient (Wildman–Crippen LogP) is -0.170. The van der Waals surface area contributed by atoms with Crippen LogP contribution in [0.3, 0.4) is 0 Å². The van der Waals surface area contributed by atoms with Crippen molar-refractivity contribution in [1.29, 1.82) is 0 Å². The molecule has 0 rings (SSSR count). The standard InChI is InChI=1S/C8H17N3O2/c1-6(11-8(13)9-3)4-5-10-7(2)12/h6H,4-5H2,1-3H3,(H,10,12)(H2,9,11,13). The SMILES string of the molecule is CNC(=O)NC(C)CCNC(C)=O. The van der Waals surface area contributed by atoms with E-state index in [9.17, 15) is 9.59 Å². The van der Waals surface area contributed by atoms with E-state index < -0.39 is 0 Å². The summed E-state index contributed by atoms with van der Waals surface area (Å²) in [4.78, 5) is 21.3. The van der Waals surface area contributed by atoms with Gasteiger partial charge in [0.15, 0.2) is 0 Å². The van der Waals surface area contributed by atoms with Gasteiger partial charge < -0.3 is 16.0 Å². The largest absolute Gasteiger partial charge is 0.356 e. The normalized spacial score (nSPS) is 11.6. The molecule has 0 aliphatic rings. The molecule has 0 saturated carbocycles. The summed E-state index contributed by atoms with van der Waals surface area (Å²) < 4.78 is 0. The number of hydrogen-bond acceptors (Lipinski definition) is 2. The van der Waals surface area contributed by atoms with Crippen LogP contribution in [0.2, 0.25) is 0 Å². The first-order valence-corrected chi connectivity index (χ1v) is 4.29. The molecule has 0 spiro atoms. The second kappa shape index (κ2) is 6.28. The first-order valence-electron chi connectivity index (χ1n) is 4.29. The molecule has 5 nitrogen and oxygen atoms in total. The van der Waals surface area contributed by atoms with Crippen LogP contribution in [0, 0.1) is 0 Å². The van der Waals surface area contributed by atoms with Crippen LogP contribution in [-0.2, 0) is 4.79 Å². The molecule has 0 fully saturated rings. The summed E-state index contributed by atoms with van der Waals surface area (Å²) in [5, 5.41) is 7.82. The third-order valence-electron chi connectivity index (χ3n) is 1.56. The Balaban J connectivity index is 3.45. The van der Waals surface area contributed by atoms with Gasteiger partial charge in [-0.05, 0) is 13.3 Å². The van der Waals surface area contributed by atoms with Gasteiger partial charge in [0.05, 0.1) is 0 Å². The number of carbonyl (C=O) groups excluding carboxylic acids is 2. The third kappa shape index (κ3) is 7.11. The van der Waals surface area contributed by atoms with Crippen LogP contribution in [0.5, 0.6) is 0 Å². The summed E-state index contributed by atoms with van der Waals surface area (Å²) in [6.07, 6.45) is 0.729. The fraction of sp³-hybridized carbons (Fsp3) is 0.750. The van der Waals surface area contributed by atoms with E-state index in [4.69, 9.17) is 0 Å².